The zero-order valence-corrected chi connectivity index (χ0v) is 23.0. The molecule has 39 heavy (non-hydrogen) atoms. The van der Waals surface area contributed by atoms with Crippen molar-refractivity contribution in [1.82, 2.24) is 30.7 Å². The summed E-state index contributed by atoms with van der Waals surface area (Å²) in [5.41, 5.74) is -0.502. The molecule has 0 saturated carbocycles. The highest BCUT2D eigenvalue weighted by Crippen LogP contribution is 2.51. The molecule has 2 fully saturated rings. The summed E-state index contributed by atoms with van der Waals surface area (Å²) in [6, 6.07) is 0.242. The van der Waals surface area contributed by atoms with Gasteiger partial charge in [-0.2, -0.15) is 0 Å². The maximum atomic E-state index is 13.0. The number of hydrogen-bond donors (Lipinski definition) is 6. The van der Waals surface area contributed by atoms with Gasteiger partial charge in [0.2, 0.25) is 17.2 Å². The number of nitrogens with zero attached hydrogens (tertiary/aromatic N) is 2. The molecule has 1 aromatic heterocycles. The first-order valence-corrected chi connectivity index (χ1v) is 13.6. The second-order valence-electron chi connectivity index (χ2n) is 10.2. The lowest BCUT2D eigenvalue weighted by molar-refractivity contribution is -0.158. The van der Waals surface area contributed by atoms with Crippen molar-refractivity contribution in [3.05, 3.63) is 38.8 Å². The van der Waals surface area contributed by atoms with Crippen molar-refractivity contribution in [2.45, 2.75) is 43.6 Å². The Morgan fingerprint density at radius 2 is 2.00 bits per heavy atom. The zero-order chi connectivity index (χ0) is 28.6. The van der Waals surface area contributed by atoms with E-state index in [4.69, 9.17) is 0 Å². The summed E-state index contributed by atoms with van der Waals surface area (Å²) in [6.07, 6.45) is 1.84. The first-order valence-electron chi connectivity index (χ1n) is 12.8. The van der Waals surface area contributed by atoms with Crippen molar-refractivity contribution < 1.29 is 29.4 Å². The van der Waals surface area contributed by atoms with Crippen LogP contribution in [0.2, 0.25) is 0 Å². The molecule has 3 amide bonds. The van der Waals surface area contributed by atoms with Crippen molar-refractivity contribution in [2.75, 3.05) is 26.7 Å². The maximum Gasteiger partial charge on any atom is 0.353 e. The number of nitrogens with one attached hydrogen (secondary N) is 4. The lowest BCUT2D eigenvalue weighted by Crippen LogP contribution is -2.66. The molecule has 14 heteroatoms. The Bertz CT molecular complexity index is 1280. The van der Waals surface area contributed by atoms with Crippen molar-refractivity contribution in [1.29, 1.82) is 0 Å². The quantitative estimate of drug-likeness (QED) is 0.189. The number of thioether (sulfide) groups is 1. The van der Waals surface area contributed by atoms with Crippen LogP contribution in [0.5, 0.6) is 5.75 Å². The molecule has 6 atom stereocenters. The Hall–Kier alpha value is -3.36. The van der Waals surface area contributed by atoms with Gasteiger partial charge >= 0.3 is 5.97 Å². The Morgan fingerprint density at radius 3 is 2.67 bits per heavy atom. The van der Waals surface area contributed by atoms with Gasteiger partial charge in [-0.05, 0) is 20.4 Å². The minimum absolute atomic E-state index is 0.0116. The molecule has 6 N–H and O–H groups in total. The predicted octanol–water partition coefficient (Wildman–Crippen LogP) is -1.22. The molecule has 0 aliphatic carbocycles. The fourth-order valence-corrected chi connectivity index (χ4v) is 7.13. The number of carboxylic acids is 1. The van der Waals surface area contributed by atoms with Gasteiger partial charge in [-0.15, -0.1) is 11.8 Å². The molecule has 0 spiro atoms. The molecule has 1 aromatic rings. The molecule has 3 aliphatic rings. The van der Waals surface area contributed by atoms with Crippen LogP contribution < -0.4 is 26.7 Å². The summed E-state index contributed by atoms with van der Waals surface area (Å²) in [5, 5.41) is 31.3. The van der Waals surface area contributed by atoms with Crippen LogP contribution in [0.25, 0.3) is 0 Å². The monoisotopic (exact) mass is 562 g/mol. The van der Waals surface area contributed by atoms with Gasteiger partial charge in [0.1, 0.15) is 11.4 Å². The van der Waals surface area contributed by atoms with Gasteiger partial charge < -0.3 is 40.9 Å². The summed E-state index contributed by atoms with van der Waals surface area (Å²) >= 11 is 1.44. The molecular weight excluding hydrogens is 528 g/mol. The normalized spacial score (nSPS) is 26.7. The first kappa shape index (κ1) is 28.6. The van der Waals surface area contributed by atoms with E-state index in [0.717, 1.165) is 6.07 Å². The molecule has 212 valence electrons. The van der Waals surface area contributed by atoms with Crippen LogP contribution in [0.15, 0.2) is 27.7 Å². The fraction of sp³-hybridized carbons (Fsp3) is 0.560. The molecule has 0 radical (unpaired) electrons. The number of pyridine rings is 1. The molecule has 3 aliphatic heterocycles. The van der Waals surface area contributed by atoms with E-state index in [0.29, 0.717) is 24.4 Å². The number of amides is 3. The lowest BCUT2D eigenvalue weighted by atomic mass is 9.78. The zero-order valence-electron chi connectivity index (χ0n) is 22.2. The minimum atomic E-state index is -1.15. The number of aromatic nitrogens is 1. The van der Waals surface area contributed by atoms with E-state index >= 15 is 0 Å². The van der Waals surface area contributed by atoms with E-state index in [-0.39, 0.29) is 53.0 Å². The number of carboxylic acid groups (broad SMARTS) is 1. The van der Waals surface area contributed by atoms with Crippen molar-refractivity contribution in [2.24, 2.45) is 18.9 Å². The summed E-state index contributed by atoms with van der Waals surface area (Å²) < 4.78 is 1.37. The van der Waals surface area contributed by atoms with Crippen LogP contribution in [-0.2, 0) is 21.4 Å². The van der Waals surface area contributed by atoms with Crippen LogP contribution in [0, 0.1) is 11.8 Å². The first-order chi connectivity index (χ1) is 18.4. The Labute approximate surface area is 229 Å². The van der Waals surface area contributed by atoms with E-state index < -0.39 is 35.0 Å². The molecule has 0 aromatic carbocycles. The average Bonchev–Trinajstić information content (AvgIpc) is 3.41. The number of carbonyl (C=O) groups excluding carboxylic acids is 3. The summed E-state index contributed by atoms with van der Waals surface area (Å²) in [4.78, 5) is 63.6. The van der Waals surface area contributed by atoms with Crippen LogP contribution >= 0.6 is 11.8 Å². The van der Waals surface area contributed by atoms with E-state index in [1.165, 1.54) is 27.4 Å². The Morgan fingerprint density at radius 1 is 1.28 bits per heavy atom. The minimum Gasteiger partial charge on any atom is -0.503 e. The summed E-state index contributed by atoms with van der Waals surface area (Å²) in [7, 11) is 3.21. The standard InChI is InChI=1S/C25H34N6O7S/c1-11-20-19(12(2)29-18(34)9-26-3)24(36)31(20)21(25(37)38)22(11)39-14-5-13(27-8-14)7-28-23(35)15-6-16(32)17(33)10-30(15)4/h6,10-14,19-20,26-27,33H,5,7-9H2,1-4H3,(H,28,35)(H,29,34)(H,37,38)/t11-,12-,13+,14?,19-,20-/m1/s1. The summed E-state index contributed by atoms with van der Waals surface area (Å²) in [6.45, 7) is 4.69. The number of hydrogen-bond acceptors (Lipinski definition) is 9. The fourth-order valence-electron chi connectivity index (χ4n) is 5.61. The summed E-state index contributed by atoms with van der Waals surface area (Å²) in [5.74, 6) is -3.28. The number of fused-ring (bicyclic) bond motifs is 1. The lowest BCUT2D eigenvalue weighted by Gasteiger charge is -2.47. The number of β-lactam (4-membered cyclic amide) rings is 1. The smallest absolute Gasteiger partial charge is 0.353 e. The third-order valence-corrected chi connectivity index (χ3v) is 9.00. The van der Waals surface area contributed by atoms with Gasteiger partial charge in [-0.1, -0.05) is 6.92 Å². The van der Waals surface area contributed by atoms with Gasteiger partial charge in [0.15, 0.2) is 5.75 Å². The maximum absolute atomic E-state index is 13.0. The van der Waals surface area contributed by atoms with E-state index in [1.807, 2.05) is 6.92 Å². The second kappa shape index (κ2) is 11.4. The average molecular weight is 563 g/mol. The molecule has 4 rings (SSSR count). The Balaban J connectivity index is 1.38. The van der Waals surface area contributed by atoms with Crippen LogP contribution in [-0.4, -0.2) is 93.4 Å². The highest BCUT2D eigenvalue weighted by molar-refractivity contribution is 8.03. The van der Waals surface area contributed by atoms with Gasteiger partial charge in [-0.3, -0.25) is 19.2 Å². The molecule has 2 saturated heterocycles. The van der Waals surface area contributed by atoms with E-state index in [1.54, 1.807) is 21.0 Å². The van der Waals surface area contributed by atoms with Crippen LogP contribution in [0.4, 0.5) is 0 Å². The molecule has 4 heterocycles. The van der Waals surface area contributed by atoms with Gasteiger partial charge in [-0.25, -0.2) is 4.79 Å². The SMILES string of the molecule is CNCC(=O)N[C@H](C)[C@H]1C(=O)N2C(C(=O)O)=C(SC3CN[C@H](CNC(=O)c4cc(=O)c(O)cn4C)C3)[C@H](C)[C@H]12. The van der Waals surface area contributed by atoms with Crippen LogP contribution in [0.1, 0.15) is 30.8 Å². The third kappa shape index (κ3) is 5.54. The highest BCUT2D eigenvalue weighted by atomic mass is 32.2. The highest BCUT2D eigenvalue weighted by Gasteiger charge is 2.60. The van der Waals surface area contributed by atoms with E-state index in [9.17, 15) is 34.2 Å². The number of aryl methyl sites for hydroxylation is 1. The third-order valence-electron chi connectivity index (χ3n) is 7.49. The molecule has 13 nitrogen and oxygen atoms in total. The topological polar surface area (TPSA) is 182 Å². The number of likely N-dealkylation sites (N-methyl/N-ethyl adjacent to an activating group) is 1. The van der Waals surface area contributed by atoms with Gasteiger partial charge in [0, 0.05) is 54.4 Å². The van der Waals surface area contributed by atoms with Crippen molar-refractivity contribution in [3.63, 3.8) is 0 Å². The Kier molecular flexibility index (Phi) is 8.37. The molecule has 0 bridgehead atoms. The van der Waals surface area contributed by atoms with E-state index in [2.05, 4.69) is 21.3 Å². The molecular formula is C25H34N6O7S. The number of aliphatic carboxylic acids is 1. The second-order valence-corrected chi connectivity index (χ2v) is 11.6. The molecule has 1 unspecified atom stereocenters. The number of carbonyl (C=O) groups is 4. The van der Waals surface area contributed by atoms with Crippen molar-refractivity contribution in [3.8, 4) is 5.75 Å². The number of rotatable bonds is 10. The van der Waals surface area contributed by atoms with Crippen LogP contribution in [0.3, 0.4) is 0 Å². The largest absolute Gasteiger partial charge is 0.503 e. The van der Waals surface area contributed by atoms with Crippen molar-refractivity contribution >= 4 is 35.5 Å². The number of aromatic hydroxyl groups is 1. The predicted molar refractivity (Wildman–Crippen MR) is 143 cm³/mol. The van der Waals surface area contributed by atoms with Gasteiger partial charge in [0.25, 0.3) is 5.91 Å². The van der Waals surface area contributed by atoms with Gasteiger partial charge in [0.05, 0.1) is 24.7 Å².